The van der Waals surface area contributed by atoms with Crippen molar-refractivity contribution in [2.24, 2.45) is 0 Å². The first-order valence-corrected chi connectivity index (χ1v) is 15.7. The van der Waals surface area contributed by atoms with E-state index in [1.807, 2.05) is 24.3 Å². The molecular formula is C34H30N4O6S2. The van der Waals surface area contributed by atoms with E-state index in [0.29, 0.717) is 33.4 Å². The first kappa shape index (κ1) is 32.1. The van der Waals surface area contributed by atoms with E-state index in [1.54, 1.807) is 79.9 Å². The number of aromatic nitrogens is 1. The lowest BCUT2D eigenvalue weighted by atomic mass is 10.1. The topological polar surface area (TPSA) is 128 Å². The SMILES string of the molecule is COc1ccc2nc(NC(=O)CSc3cccc(NC(=O)/C(=C\c4ccc(OC)c(OC)c4)NC(=O)c4ccccc4)c3)sc2c1. The predicted octanol–water partition coefficient (Wildman–Crippen LogP) is 6.46. The number of hydrogen-bond donors (Lipinski definition) is 3. The molecule has 12 heteroatoms. The number of rotatable bonds is 12. The average molecular weight is 655 g/mol. The molecule has 0 fully saturated rings. The number of carbonyl (C=O) groups is 3. The van der Waals surface area contributed by atoms with E-state index in [1.165, 1.54) is 37.3 Å². The number of methoxy groups -OCH3 is 3. The summed E-state index contributed by atoms with van der Waals surface area (Å²) in [6.07, 6.45) is 1.55. The molecule has 0 saturated carbocycles. The molecule has 10 nitrogen and oxygen atoms in total. The molecule has 0 aliphatic carbocycles. The Morgan fingerprint density at radius 3 is 2.39 bits per heavy atom. The Hall–Kier alpha value is -5.33. The second-order valence-electron chi connectivity index (χ2n) is 9.66. The van der Waals surface area contributed by atoms with Crippen LogP contribution in [0.1, 0.15) is 15.9 Å². The summed E-state index contributed by atoms with van der Waals surface area (Å²) in [4.78, 5) is 44.5. The van der Waals surface area contributed by atoms with Gasteiger partial charge in [-0.2, -0.15) is 0 Å². The Morgan fingerprint density at radius 2 is 1.63 bits per heavy atom. The number of anilines is 2. The van der Waals surface area contributed by atoms with Crippen molar-refractivity contribution in [2.75, 3.05) is 37.7 Å². The van der Waals surface area contributed by atoms with Crippen molar-refractivity contribution in [3.63, 3.8) is 0 Å². The van der Waals surface area contributed by atoms with Crippen molar-refractivity contribution >= 4 is 67.9 Å². The van der Waals surface area contributed by atoms with Crippen LogP contribution in [0.3, 0.4) is 0 Å². The molecule has 4 aromatic carbocycles. The van der Waals surface area contributed by atoms with Crippen molar-refractivity contribution in [2.45, 2.75) is 4.90 Å². The van der Waals surface area contributed by atoms with Crippen LogP contribution < -0.4 is 30.2 Å². The molecule has 3 N–H and O–H groups in total. The molecule has 1 heterocycles. The van der Waals surface area contributed by atoms with E-state index in [4.69, 9.17) is 14.2 Å². The molecule has 0 radical (unpaired) electrons. The molecular weight excluding hydrogens is 625 g/mol. The summed E-state index contributed by atoms with van der Waals surface area (Å²) in [5, 5.41) is 8.93. The Kier molecular flexibility index (Phi) is 10.5. The van der Waals surface area contributed by atoms with Crippen molar-refractivity contribution in [3.8, 4) is 17.2 Å². The number of carbonyl (C=O) groups excluding carboxylic acids is 3. The fourth-order valence-corrected chi connectivity index (χ4v) is 5.97. The molecule has 3 amide bonds. The molecule has 0 aliphatic heterocycles. The van der Waals surface area contributed by atoms with Crippen LogP contribution in [0.15, 0.2) is 102 Å². The molecule has 0 aliphatic rings. The molecule has 0 saturated heterocycles. The zero-order chi connectivity index (χ0) is 32.5. The number of nitrogens with zero attached hydrogens (tertiary/aromatic N) is 1. The minimum absolute atomic E-state index is 0.0203. The van der Waals surface area contributed by atoms with Gasteiger partial charge in [0, 0.05) is 16.1 Å². The van der Waals surface area contributed by atoms with Gasteiger partial charge in [0.05, 0.1) is 37.3 Å². The summed E-state index contributed by atoms with van der Waals surface area (Å²) < 4.78 is 16.9. The van der Waals surface area contributed by atoms with Crippen LogP contribution in [0, 0.1) is 0 Å². The van der Waals surface area contributed by atoms with Gasteiger partial charge in [-0.25, -0.2) is 4.98 Å². The number of hydrogen-bond acceptors (Lipinski definition) is 9. The summed E-state index contributed by atoms with van der Waals surface area (Å²) in [7, 11) is 4.65. The number of amides is 3. The maximum absolute atomic E-state index is 13.5. The highest BCUT2D eigenvalue weighted by Gasteiger charge is 2.16. The van der Waals surface area contributed by atoms with Gasteiger partial charge >= 0.3 is 0 Å². The fourth-order valence-electron chi connectivity index (χ4n) is 4.30. The lowest BCUT2D eigenvalue weighted by molar-refractivity contribution is -0.114. The van der Waals surface area contributed by atoms with Crippen LogP contribution in [-0.4, -0.2) is 49.8 Å². The van der Waals surface area contributed by atoms with E-state index in [-0.39, 0.29) is 17.4 Å². The standard InChI is InChI=1S/C34H30N4O6S2/c1-42-24-13-14-26-30(19-24)46-34(37-26)38-31(39)20-45-25-11-7-10-23(18-25)35-33(41)27(36-32(40)22-8-5-4-6-9-22)16-21-12-15-28(43-2)29(17-21)44-3/h4-19H,20H2,1-3H3,(H,35,41)(H,36,40)(H,37,38,39)/b27-16+. The van der Waals surface area contributed by atoms with Crippen LogP contribution in [0.5, 0.6) is 17.2 Å². The molecule has 0 unspecified atom stereocenters. The second-order valence-corrected chi connectivity index (χ2v) is 11.7. The number of nitrogens with one attached hydrogen (secondary N) is 3. The number of ether oxygens (including phenoxy) is 3. The smallest absolute Gasteiger partial charge is 0.272 e. The number of benzene rings is 4. The van der Waals surface area contributed by atoms with Gasteiger partial charge < -0.3 is 30.2 Å². The Balaban J connectivity index is 1.27. The van der Waals surface area contributed by atoms with Gasteiger partial charge in [0.25, 0.3) is 11.8 Å². The minimum atomic E-state index is -0.536. The maximum atomic E-state index is 13.5. The van der Waals surface area contributed by atoms with Gasteiger partial charge in [-0.05, 0) is 72.3 Å². The molecule has 1 aromatic heterocycles. The summed E-state index contributed by atoms with van der Waals surface area (Å²) in [6, 6.07) is 26.4. The summed E-state index contributed by atoms with van der Waals surface area (Å²) in [5.74, 6) is 0.670. The normalized spacial score (nSPS) is 11.1. The lowest BCUT2D eigenvalue weighted by Gasteiger charge is -2.13. The van der Waals surface area contributed by atoms with Crippen molar-refractivity contribution in [1.82, 2.24) is 10.3 Å². The van der Waals surface area contributed by atoms with Crippen LogP contribution in [0.4, 0.5) is 10.8 Å². The molecule has 0 atom stereocenters. The van der Waals surface area contributed by atoms with Crippen molar-refractivity contribution < 1.29 is 28.6 Å². The van der Waals surface area contributed by atoms with Gasteiger partial charge in [0.15, 0.2) is 16.6 Å². The highest BCUT2D eigenvalue weighted by molar-refractivity contribution is 8.00. The van der Waals surface area contributed by atoms with E-state index < -0.39 is 11.8 Å². The second kappa shape index (κ2) is 15.1. The van der Waals surface area contributed by atoms with Crippen LogP contribution in [-0.2, 0) is 9.59 Å². The van der Waals surface area contributed by atoms with Crippen LogP contribution in [0.2, 0.25) is 0 Å². The van der Waals surface area contributed by atoms with Gasteiger partial charge in [-0.1, -0.05) is 41.7 Å². The third-order valence-corrected chi connectivity index (χ3v) is 8.48. The molecule has 0 spiro atoms. The van der Waals surface area contributed by atoms with Crippen molar-refractivity contribution in [1.29, 1.82) is 0 Å². The van der Waals surface area contributed by atoms with E-state index >= 15 is 0 Å². The highest BCUT2D eigenvalue weighted by Crippen LogP contribution is 2.30. The molecule has 46 heavy (non-hydrogen) atoms. The van der Waals surface area contributed by atoms with E-state index in [2.05, 4.69) is 20.9 Å². The quantitative estimate of drug-likeness (QED) is 0.103. The molecule has 234 valence electrons. The average Bonchev–Trinajstić information content (AvgIpc) is 3.48. The summed E-state index contributed by atoms with van der Waals surface area (Å²) in [6.45, 7) is 0. The summed E-state index contributed by atoms with van der Waals surface area (Å²) >= 11 is 2.68. The number of thioether (sulfide) groups is 1. The highest BCUT2D eigenvalue weighted by atomic mass is 32.2. The third-order valence-electron chi connectivity index (χ3n) is 6.55. The fraction of sp³-hybridized carbons (Fsp3) is 0.118. The number of thiazole rings is 1. The van der Waals surface area contributed by atoms with E-state index in [9.17, 15) is 14.4 Å². The first-order chi connectivity index (χ1) is 22.3. The molecule has 5 rings (SSSR count). The zero-order valence-corrected chi connectivity index (χ0v) is 26.8. The van der Waals surface area contributed by atoms with Crippen molar-refractivity contribution in [3.05, 3.63) is 108 Å². The predicted molar refractivity (Wildman–Crippen MR) is 182 cm³/mol. The lowest BCUT2D eigenvalue weighted by Crippen LogP contribution is -2.30. The maximum Gasteiger partial charge on any atom is 0.272 e. The van der Waals surface area contributed by atoms with Gasteiger partial charge in [-0.15, -0.1) is 11.8 Å². The van der Waals surface area contributed by atoms with Gasteiger partial charge in [-0.3, -0.25) is 14.4 Å². The minimum Gasteiger partial charge on any atom is -0.497 e. The van der Waals surface area contributed by atoms with Crippen LogP contribution >= 0.6 is 23.1 Å². The monoisotopic (exact) mass is 654 g/mol. The number of fused-ring (bicyclic) bond motifs is 1. The zero-order valence-electron chi connectivity index (χ0n) is 25.2. The van der Waals surface area contributed by atoms with Gasteiger partial charge in [0.1, 0.15) is 11.4 Å². The Bertz CT molecular complexity index is 1910. The largest absolute Gasteiger partial charge is 0.497 e. The van der Waals surface area contributed by atoms with Crippen LogP contribution in [0.25, 0.3) is 16.3 Å². The molecule has 5 aromatic rings. The Morgan fingerprint density at radius 1 is 0.826 bits per heavy atom. The first-order valence-electron chi connectivity index (χ1n) is 13.9. The third kappa shape index (κ3) is 8.23. The summed E-state index contributed by atoms with van der Waals surface area (Å²) in [5.41, 5.74) is 2.29. The van der Waals surface area contributed by atoms with E-state index in [0.717, 1.165) is 20.9 Å². The van der Waals surface area contributed by atoms with Gasteiger partial charge in [0.2, 0.25) is 5.91 Å². The Labute approximate surface area is 273 Å². The molecule has 0 bridgehead atoms.